The summed E-state index contributed by atoms with van der Waals surface area (Å²) in [5.74, 6) is 0. The SMILES string of the molecule is CCCCC/C=C\C/C=C\C=C\C(O)CCC/C=N/O. The Bertz CT molecular complexity index is 306. The Hall–Kier alpha value is -1.35. The van der Waals surface area contributed by atoms with E-state index < -0.39 is 6.10 Å². The van der Waals surface area contributed by atoms with Crippen LogP contribution in [-0.4, -0.2) is 22.6 Å². The molecule has 0 saturated carbocycles. The normalized spacial score (nSPS) is 14.3. The molecule has 0 saturated heterocycles. The van der Waals surface area contributed by atoms with E-state index in [0.717, 1.165) is 12.8 Å². The molecule has 114 valence electrons. The molecule has 0 aromatic rings. The van der Waals surface area contributed by atoms with E-state index in [9.17, 15) is 5.11 Å². The maximum atomic E-state index is 9.63. The predicted molar refractivity (Wildman–Crippen MR) is 86.3 cm³/mol. The van der Waals surface area contributed by atoms with Gasteiger partial charge in [0.15, 0.2) is 0 Å². The number of nitrogens with zero attached hydrogens (tertiary/aromatic N) is 1. The number of unbranched alkanes of at least 4 members (excludes halogenated alkanes) is 4. The minimum Gasteiger partial charge on any atom is -0.411 e. The molecule has 0 fully saturated rings. The number of aliphatic hydroxyl groups is 1. The quantitative estimate of drug-likeness (QED) is 0.137. The highest BCUT2D eigenvalue weighted by Crippen LogP contribution is 2.02. The number of aliphatic hydroxyl groups excluding tert-OH is 1. The zero-order chi connectivity index (χ0) is 14.9. The molecular weight excluding hydrogens is 250 g/mol. The molecule has 0 rings (SSSR count). The Morgan fingerprint density at radius 2 is 1.85 bits per heavy atom. The van der Waals surface area contributed by atoms with E-state index >= 15 is 0 Å². The van der Waals surface area contributed by atoms with Gasteiger partial charge >= 0.3 is 0 Å². The van der Waals surface area contributed by atoms with Crippen molar-refractivity contribution in [3.05, 3.63) is 36.5 Å². The predicted octanol–water partition coefficient (Wildman–Crippen LogP) is 4.62. The lowest BCUT2D eigenvalue weighted by atomic mass is 10.1. The van der Waals surface area contributed by atoms with Crippen molar-refractivity contribution in [2.75, 3.05) is 0 Å². The van der Waals surface area contributed by atoms with Crippen molar-refractivity contribution in [2.24, 2.45) is 5.16 Å². The topological polar surface area (TPSA) is 52.8 Å². The van der Waals surface area contributed by atoms with E-state index in [-0.39, 0.29) is 0 Å². The third kappa shape index (κ3) is 14.7. The number of allylic oxidation sites excluding steroid dienone is 5. The van der Waals surface area contributed by atoms with Gasteiger partial charge in [0.25, 0.3) is 0 Å². The van der Waals surface area contributed by atoms with E-state index in [1.807, 2.05) is 12.2 Å². The molecule has 0 aromatic heterocycles. The summed E-state index contributed by atoms with van der Waals surface area (Å²) in [7, 11) is 0. The van der Waals surface area contributed by atoms with Gasteiger partial charge in [-0.1, -0.05) is 56.2 Å². The van der Waals surface area contributed by atoms with E-state index in [4.69, 9.17) is 5.21 Å². The van der Waals surface area contributed by atoms with Gasteiger partial charge in [-0.15, -0.1) is 5.16 Å². The second-order valence-corrected chi connectivity index (χ2v) is 4.81. The molecule has 3 nitrogen and oxygen atoms in total. The molecule has 0 aliphatic rings. The van der Waals surface area contributed by atoms with Crippen LogP contribution in [-0.2, 0) is 0 Å². The van der Waals surface area contributed by atoms with Crippen LogP contribution < -0.4 is 0 Å². The lowest BCUT2D eigenvalue weighted by Crippen LogP contribution is -2.01. The molecule has 0 aromatic carbocycles. The molecule has 2 N–H and O–H groups in total. The molecule has 0 aliphatic heterocycles. The van der Waals surface area contributed by atoms with E-state index in [2.05, 4.69) is 30.3 Å². The molecule has 3 heteroatoms. The van der Waals surface area contributed by atoms with Crippen LogP contribution in [0.1, 0.15) is 58.3 Å². The molecule has 0 radical (unpaired) electrons. The van der Waals surface area contributed by atoms with Crippen molar-refractivity contribution in [2.45, 2.75) is 64.4 Å². The highest BCUT2D eigenvalue weighted by molar-refractivity contribution is 5.55. The van der Waals surface area contributed by atoms with Crippen LogP contribution >= 0.6 is 0 Å². The lowest BCUT2D eigenvalue weighted by molar-refractivity contribution is 0.210. The first-order valence-corrected chi connectivity index (χ1v) is 7.63. The van der Waals surface area contributed by atoms with Crippen molar-refractivity contribution >= 4 is 6.21 Å². The number of hydrogen-bond acceptors (Lipinski definition) is 3. The third-order valence-electron chi connectivity index (χ3n) is 2.91. The van der Waals surface area contributed by atoms with Crippen LogP contribution in [0.2, 0.25) is 0 Å². The minimum absolute atomic E-state index is 0.420. The summed E-state index contributed by atoms with van der Waals surface area (Å²) in [6, 6.07) is 0. The fraction of sp³-hybridized carbons (Fsp3) is 0.588. The molecule has 20 heavy (non-hydrogen) atoms. The van der Waals surface area contributed by atoms with E-state index in [1.54, 1.807) is 6.08 Å². The zero-order valence-electron chi connectivity index (χ0n) is 12.6. The van der Waals surface area contributed by atoms with Crippen LogP contribution in [0.5, 0.6) is 0 Å². The third-order valence-corrected chi connectivity index (χ3v) is 2.91. The maximum absolute atomic E-state index is 9.63. The van der Waals surface area contributed by atoms with Crippen LogP contribution in [0, 0.1) is 0 Å². The summed E-state index contributed by atoms with van der Waals surface area (Å²) in [5.41, 5.74) is 0. The van der Waals surface area contributed by atoms with E-state index in [1.165, 1.54) is 31.9 Å². The van der Waals surface area contributed by atoms with Gasteiger partial charge in [0.1, 0.15) is 0 Å². The Kier molecular flexibility index (Phi) is 14.6. The smallest absolute Gasteiger partial charge is 0.0724 e. The second-order valence-electron chi connectivity index (χ2n) is 4.81. The van der Waals surface area contributed by atoms with Crippen molar-refractivity contribution < 1.29 is 10.3 Å². The summed E-state index contributed by atoms with van der Waals surface area (Å²) < 4.78 is 0. The average Bonchev–Trinajstić information content (AvgIpc) is 2.45. The fourth-order valence-electron chi connectivity index (χ4n) is 1.73. The van der Waals surface area contributed by atoms with Crippen molar-refractivity contribution in [1.82, 2.24) is 0 Å². The van der Waals surface area contributed by atoms with Crippen molar-refractivity contribution in [3.8, 4) is 0 Å². The summed E-state index contributed by atoms with van der Waals surface area (Å²) in [5, 5.41) is 20.8. The summed E-state index contributed by atoms with van der Waals surface area (Å²) in [6.45, 7) is 2.22. The Morgan fingerprint density at radius 3 is 2.60 bits per heavy atom. The molecule has 0 amide bonds. The van der Waals surface area contributed by atoms with Crippen LogP contribution in [0.15, 0.2) is 41.6 Å². The van der Waals surface area contributed by atoms with Gasteiger partial charge in [0.2, 0.25) is 0 Å². The monoisotopic (exact) mass is 279 g/mol. The zero-order valence-corrected chi connectivity index (χ0v) is 12.6. The molecular formula is C17H29NO2. The highest BCUT2D eigenvalue weighted by Gasteiger charge is 1.96. The first-order chi connectivity index (χ1) is 9.81. The summed E-state index contributed by atoms with van der Waals surface area (Å²) in [4.78, 5) is 0. The minimum atomic E-state index is -0.420. The van der Waals surface area contributed by atoms with Crippen LogP contribution in [0.25, 0.3) is 0 Å². The van der Waals surface area contributed by atoms with Crippen LogP contribution in [0.3, 0.4) is 0 Å². The number of oxime groups is 1. The van der Waals surface area contributed by atoms with Gasteiger partial charge in [-0.25, -0.2) is 0 Å². The molecule has 0 heterocycles. The Labute approximate surface area is 123 Å². The number of rotatable bonds is 12. The summed E-state index contributed by atoms with van der Waals surface area (Å²) >= 11 is 0. The first-order valence-electron chi connectivity index (χ1n) is 7.63. The van der Waals surface area contributed by atoms with Gasteiger partial charge in [-0.05, 0) is 38.5 Å². The van der Waals surface area contributed by atoms with Crippen LogP contribution in [0.4, 0.5) is 0 Å². The lowest BCUT2D eigenvalue weighted by Gasteiger charge is -2.01. The molecule has 0 aliphatic carbocycles. The Balaban J connectivity index is 3.54. The van der Waals surface area contributed by atoms with Gasteiger partial charge in [0.05, 0.1) is 6.10 Å². The number of hydrogen-bond donors (Lipinski definition) is 2. The van der Waals surface area contributed by atoms with Gasteiger partial charge in [0, 0.05) is 6.21 Å². The fourth-order valence-corrected chi connectivity index (χ4v) is 1.73. The first kappa shape index (κ1) is 18.7. The van der Waals surface area contributed by atoms with E-state index in [0.29, 0.717) is 12.8 Å². The maximum Gasteiger partial charge on any atom is 0.0724 e. The van der Waals surface area contributed by atoms with Gasteiger partial charge in [-0.3, -0.25) is 0 Å². The van der Waals surface area contributed by atoms with Crippen molar-refractivity contribution in [1.29, 1.82) is 0 Å². The molecule has 1 unspecified atom stereocenters. The Morgan fingerprint density at radius 1 is 1.00 bits per heavy atom. The molecule has 0 bridgehead atoms. The highest BCUT2D eigenvalue weighted by atomic mass is 16.4. The standard InChI is InChI=1S/C17H29NO2/c1-2-3-4-5-6-7-8-9-10-11-14-17(19)15-12-13-16-18-20/h6-7,9-11,14,16-17,19-20H,2-5,8,12-13,15H2,1H3/b7-6-,10-9-,14-11+,18-16+. The molecule has 0 spiro atoms. The summed E-state index contributed by atoms with van der Waals surface area (Å²) in [6.07, 6.45) is 21.4. The largest absolute Gasteiger partial charge is 0.411 e. The van der Waals surface area contributed by atoms with Gasteiger partial charge < -0.3 is 10.3 Å². The van der Waals surface area contributed by atoms with Gasteiger partial charge in [-0.2, -0.15) is 0 Å². The van der Waals surface area contributed by atoms with Crippen molar-refractivity contribution in [3.63, 3.8) is 0 Å². The molecule has 1 atom stereocenters. The average molecular weight is 279 g/mol. The second kappa shape index (κ2) is 15.7.